The molecule has 7 heteroatoms. The molecular weight excluding hydrogens is 309 g/mol. The van der Waals surface area contributed by atoms with Crippen LogP contribution in [-0.4, -0.2) is 38.7 Å². The number of carbonyl (C=O) groups is 1. The van der Waals surface area contributed by atoms with E-state index >= 15 is 0 Å². The zero-order valence-corrected chi connectivity index (χ0v) is 12.9. The van der Waals surface area contributed by atoms with Crippen molar-refractivity contribution in [2.45, 2.75) is 0 Å². The first-order valence-electron chi connectivity index (χ1n) is 7.22. The van der Waals surface area contributed by atoms with E-state index in [4.69, 9.17) is 5.26 Å². The van der Waals surface area contributed by atoms with Crippen LogP contribution in [0.25, 0.3) is 11.5 Å². The van der Waals surface area contributed by atoms with Crippen LogP contribution < -0.4 is 0 Å². The first kappa shape index (κ1) is 15.5. The first-order valence-corrected chi connectivity index (χ1v) is 7.22. The Balaban J connectivity index is 2.18. The summed E-state index contributed by atoms with van der Waals surface area (Å²) >= 11 is 0. The molecule has 1 amide bonds. The molecular formula is C17H14FN5O. The van der Waals surface area contributed by atoms with E-state index in [1.807, 2.05) is 6.07 Å². The Hall–Kier alpha value is -3.40. The monoisotopic (exact) mass is 323 g/mol. The highest BCUT2D eigenvalue weighted by Gasteiger charge is 2.23. The summed E-state index contributed by atoms with van der Waals surface area (Å²) in [4.78, 5) is 13.9. The second-order valence-corrected chi connectivity index (χ2v) is 5.15. The fourth-order valence-electron chi connectivity index (χ4n) is 2.40. The van der Waals surface area contributed by atoms with E-state index in [9.17, 15) is 9.18 Å². The molecule has 2 heterocycles. The topological polar surface area (TPSA) is 66.8 Å². The second-order valence-electron chi connectivity index (χ2n) is 5.15. The highest BCUT2D eigenvalue weighted by atomic mass is 19.1. The molecule has 0 saturated carbocycles. The molecule has 0 atom stereocenters. The van der Waals surface area contributed by atoms with Crippen LogP contribution >= 0.6 is 0 Å². The Morgan fingerprint density at radius 2 is 2.00 bits per heavy atom. The van der Waals surface area contributed by atoms with E-state index in [0.717, 1.165) is 0 Å². The van der Waals surface area contributed by atoms with Gasteiger partial charge in [-0.3, -0.25) is 4.79 Å². The van der Waals surface area contributed by atoms with Crippen LogP contribution in [0.3, 0.4) is 0 Å². The van der Waals surface area contributed by atoms with Crippen LogP contribution in [0.5, 0.6) is 0 Å². The number of para-hydroxylation sites is 1. The quantitative estimate of drug-likeness (QED) is 0.692. The number of halogens is 1. The van der Waals surface area contributed by atoms with Crippen LogP contribution in [0.1, 0.15) is 10.4 Å². The minimum atomic E-state index is -0.446. The number of rotatable bonds is 4. The molecule has 0 unspecified atom stereocenters. The van der Waals surface area contributed by atoms with Gasteiger partial charge < -0.3 is 9.47 Å². The van der Waals surface area contributed by atoms with Crippen LogP contribution in [0.4, 0.5) is 4.39 Å². The van der Waals surface area contributed by atoms with Crippen molar-refractivity contribution in [3.63, 3.8) is 0 Å². The van der Waals surface area contributed by atoms with Gasteiger partial charge in [0.25, 0.3) is 5.91 Å². The Morgan fingerprint density at radius 1 is 1.29 bits per heavy atom. The van der Waals surface area contributed by atoms with Gasteiger partial charge in [0.2, 0.25) is 0 Å². The van der Waals surface area contributed by atoms with E-state index in [0.29, 0.717) is 5.82 Å². The molecule has 0 aliphatic rings. The molecule has 0 radical (unpaired) electrons. The van der Waals surface area contributed by atoms with Crippen molar-refractivity contribution < 1.29 is 9.18 Å². The Bertz CT molecular complexity index is 907. The van der Waals surface area contributed by atoms with Gasteiger partial charge in [0, 0.05) is 19.4 Å². The molecule has 0 bridgehead atoms. The van der Waals surface area contributed by atoms with Crippen LogP contribution in [-0.2, 0) is 0 Å². The maximum Gasteiger partial charge on any atom is 0.259 e. The fourth-order valence-corrected chi connectivity index (χ4v) is 2.40. The number of amides is 1. The van der Waals surface area contributed by atoms with E-state index in [-0.39, 0.29) is 23.7 Å². The van der Waals surface area contributed by atoms with Crippen molar-refractivity contribution in [3.05, 3.63) is 66.4 Å². The highest BCUT2D eigenvalue weighted by molar-refractivity contribution is 5.97. The van der Waals surface area contributed by atoms with E-state index in [1.165, 1.54) is 28.9 Å². The van der Waals surface area contributed by atoms with Gasteiger partial charge in [0.1, 0.15) is 23.6 Å². The zero-order chi connectivity index (χ0) is 17.1. The largest absolute Gasteiger partial charge is 0.328 e. The van der Waals surface area contributed by atoms with Gasteiger partial charge in [-0.2, -0.15) is 10.4 Å². The summed E-state index contributed by atoms with van der Waals surface area (Å²) in [6, 6.07) is 11.7. The average molecular weight is 323 g/mol. The minimum Gasteiger partial charge on any atom is -0.328 e. The van der Waals surface area contributed by atoms with Gasteiger partial charge in [0.05, 0.1) is 12.3 Å². The van der Waals surface area contributed by atoms with Crippen molar-refractivity contribution in [1.29, 1.82) is 5.26 Å². The normalized spacial score (nSPS) is 10.4. The predicted molar refractivity (Wildman–Crippen MR) is 85.4 cm³/mol. The summed E-state index contributed by atoms with van der Waals surface area (Å²) in [6.07, 6.45) is 4.88. The lowest BCUT2D eigenvalue weighted by Gasteiger charge is -2.15. The molecule has 2 aromatic heterocycles. The number of aromatic nitrogens is 3. The van der Waals surface area contributed by atoms with Crippen molar-refractivity contribution in [3.8, 4) is 17.6 Å². The predicted octanol–water partition coefficient (Wildman–Crippen LogP) is 2.40. The number of nitrogens with zero attached hydrogens (tertiary/aromatic N) is 5. The van der Waals surface area contributed by atoms with E-state index in [2.05, 4.69) is 5.10 Å². The summed E-state index contributed by atoms with van der Waals surface area (Å²) in [5, 5.41) is 13.0. The lowest BCUT2D eigenvalue weighted by Crippen LogP contribution is -2.27. The van der Waals surface area contributed by atoms with Gasteiger partial charge in [-0.1, -0.05) is 12.1 Å². The number of hydrogen-bond donors (Lipinski definition) is 0. The summed E-state index contributed by atoms with van der Waals surface area (Å²) < 4.78 is 17.2. The Labute approximate surface area is 138 Å². The van der Waals surface area contributed by atoms with Crippen molar-refractivity contribution in [2.75, 3.05) is 13.6 Å². The minimum absolute atomic E-state index is 0.0468. The third-order valence-electron chi connectivity index (χ3n) is 3.56. The van der Waals surface area contributed by atoms with Crippen molar-refractivity contribution in [1.82, 2.24) is 19.2 Å². The summed E-state index contributed by atoms with van der Waals surface area (Å²) in [5.74, 6) is -0.388. The fraction of sp³-hybridized carbons (Fsp3) is 0.118. The highest BCUT2D eigenvalue weighted by Crippen LogP contribution is 2.22. The molecule has 0 spiro atoms. The third kappa shape index (κ3) is 2.65. The number of hydrogen-bond acceptors (Lipinski definition) is 3. The van der Waals surface area contributed by atoms with Gasteiger partial charge in [-0.25, -0.2) is 9.07 Å². The van der Waals surface area contributed by atoms with Crippen molar-refractivity contribution in [2.24, 2.45) is 0 Å². The Kier molecular flexibility index (Phi) is 4.12. The van der Waals surface area contributed by atoms with Gasteiger partial charge in [-0.05, 0) is 24.3 Å². The second kappa shape index (κ2) is 6.38. The SMILES string of the molecule is CN(CC#N)C(=O)c1cnn(-c2ccccc2F)c1-n1cccc1. The van der Waals surface area contributed by atoms with Crippen LogP contribution in [0, 0.1) is 17.1 Å². The summed E-state index contributed by atoms with van der Waals surface area (Å²) in [7, 11) is 1.53. The van der Waals surface area contributed by atoms with Crippen LogP contribution in [0.15, 0.2) is 55.0 Å². The molecule has 0 N–H and O–H groups in total. The van der Waals surface area contributed by atoms with Gasteiger partial charge in [-0.15, -0.1) is 0 Å². The summed E-state index contributed by atoms with van der Waals surface area (Å²) in [5.41, 5.74) is 0.524. The molecule has 0 aliphatic carbocycles. The molecule has 0 fully saturated rings. The standard InChI is InChI=1S/C17H14FN5O/c1-21(11-8-19)17(24)13-12-20-23(15-7-3-2-6-14(15)18)16(13)22-9-4-5-10-22/h2-7,9-10,12H,11H2,1H3. The van der Waals surface area contributed by atoms with Crippen molar-refractivity contribution >= 4 is 5.91 Å². The van der Waals surface area contributed by atoms with Gasteiger partial charge >= 0.3 is 0 Å². The smallest absolute Gasteiger partial charge is 0.259 e. The first-order chi connectivity index (χ1) is 11.6. The average Bonchev–Trinajstić information content (AvgIpc) is 3.23. The third-order valence-corrected chi connectivity index (χ3v) is 3.56. The maximum absolute atomic E-state index is 14.2. The number of nitriles is 1. The summed E-state index contributed by atoms with van der Waals surface area (Å²) in [6.45, 7) is -0.0468. The zero-order valence-electron chi connectivity index (χ0n) is 12.9. The van der Waals surface area contributed by atoms with Gasteiger partial charge in [0.15, 0.2) is 5.82 Å². The lowest BCUT2D eigenvalue weighted by atomic mass is 10.2. The molecule has 3 rings (SSSR count). The number of carbonyl (C=O) groups excluding carboxylic acids is 1. The molecule has 0 saturated heterocycles. The van der Waals surface area contributed by atoms with E-state index < -0.39 is 5.82 Å². The lowest BCUT2D eigenvalue weighted by molar-refractivity contribution is 0.0812. The van der Waals surface area contributed by atoms with E-state index in [1.54, 1.807) is 47.3 Å². The maximum atomic E-state index is 14.2. The molecule has 120 valence electrons. The molecule has 24 heavy (non-hydrogen) atoms. The Morgan fingerprint density at radius 3 is 2.67 bits per heavy atom. The molecule has 3 aromatic rings. The molecule has 0 aliphatic heterocycles. The number of benzene rings is 1. The van der Waals surface area contributed by atoms with Crippen LogP contribution in [0.2, 0.25) is 0 Å². The molecule has 1 aromatic carbocycles. The molecule has 6 nitrogen and oxygen atoms in total.